The molecule has 2 atom stereocenters. The van der Waals surface area contributed by atoms with E-state index in [1.165, 1.54) is 12.1 Å². The van der Waals surface area contributed by atoms with Crippen LogP contribution in [0, 0.1) is 17.6 Å². The molecule has 1 amide bonds. The fraction of sp³-hybridized carbons (Fsp3) is 0.300. The lowest BCUT2D eigenvalue weighted by atomic mass is 10.1. The van der Waals surface area contributed by atoms with E-state index in [0.717, 1.165) is 6.07 Å². The standard InChI is InChI=1S/C10H9F2NO/c11-5-1-2-6(9(12)3-5)7-4-8(7)10(13)14/h1-3,7-8H,4H2,(H2,13,14)/t7-,8+/m0/s1. The topological polar surface area (TPSA) is 43.1 Å². The largest absolute Gasteiger partial charge is 0.369 e. The first-order valence-corrected chi connectivity index (χ1v) is 4.34. The Morgan fingerprint density at radius 3 is 2.64 bits per heavy atom. The van der Waals surface area contributed by atoms with Gasteiger partial charge in [0.25, 0.3) is 0 Å². The predicted octanol–water partition coefficient (Wildman–Crippen LogP) is 1.55. The molecule has 74 valence electrons. The van der Waals surface area contributed by atoms with Crippen molar-refractivity contribution < 1.29 is 13.6 Å². The Morgan fingerprint density at radius 2 is 2.14 bits per heavy atom. The molecule has 1 aromatic rings. The molecule has 0 heterocycles. The number of primary amides is 1. The van der Waals surface area contributed by atoms with Gasteiger partial charge in [-0.05, 0) is 24.0 Å². The van der Waals surface area contributed by atoms with E-state index in [9.17, 15) is 13.6 Å². The van der Waals surface area contributed by atoms with E-state index in [-0.39, 0.29) is 11.8 Å². The Kier molecular flexibility index (Phi) is 1.98. The highest BCUT2D eigenvalue weighted by atomic mass is 19.1. The first-order chi connectivity index (χ1) is 6.59. The minimum atomic E-state index is -0.609. The summed E-state index contributed by atoms with van der Waals surface area (Å²) in [6.45, 7) is 0. The number of rotatable bonds is 2. The van der Waals surface area contributed by atoms with Crippen LogP contribution >= 0.6 is 0 Å². The molecule has 1 aliphatic carbocycles. The molecule has 2 nitrogen and oxygen atoms in total. The van der Waals surface area contributed by atoms with Gasteiger partial charge in [-0.2, -0.15) is 0 Å². The lowest BCUT2D eigenvalue weighted by Crippen LogP contribution is -2.13. The van der Waals surface area contributed by atoms with Crippen molar-refractivity contribution in [3.05, 3.63) is 35.4 Å². The summed E-state index contributed by atoms with van der Waals surface area (Å²) in [5.74, 6) is -2.07. The van der Waals surface area contributed by atoms with Gasteiger partial charge in [0.05, 0.1) is 0 Å². The highest BCUT2D eigenvalue weighted by molar-refractivity contribution is 5.81. The second-order valence-corrected chi connectivity index (χ2v) is 3.52. The molecule has 1 aromatic carbocycles. The van der Waals surface area contributed by atoms with Gasteiger partial charge in [-0.1, -0.05) is 6.07 Å². The monoisotopic (exact) mass is 197 g/mol. The molecule has 2 N–H and O–H groups in total. The van der Waals surface area contributed by atoms with E-state index in [1.54, 1.807) is 0 Å². The molecule has 0 bridgehead atoms. The maximum Gasteiger partial charge on any atom is 0.221 e. The van der Waals surface area contributed by atoms with E-state index < -0.39 is 17.5 Å². The Hall–Kier alpha value is -1.45. The van der Waals surface area contributed by atoms with Crippen molar-refractivity contribution in [2.45, 2.75) is 12.3 Å². The lowest BCUT2D eigenvalue weighted by molar-refractivity contribution is -0.119. The van der Waals surface area contributed by atoms with Crippen LogP contribution < -0.4 is 5.73 Å². The second kappa shape index (κ2) is 3.04. The van der Waals surface area contributed by atoms with Crippen LogP contribution in [0.5, 0.6) is 0 Å². The van der Waals surface area contributed by atoms with Gasteiger partial charge >= 0.3 is 0 Å². The highest BCUT2D eigenvalue weighted by Crippen LogP contribution is 2.47. The van der Waals surface area contributed by atoms with Gasteiger partial charge in [-0.15, -0.1) is 0 Å². The van der Waals surface area contributed by atoms with E-state index in [4.69, 9.17) is 5.73 Å². The van der Waals surface area contributed by atoms with Crippen LogP contribution in [0.2, 0.25) is 0 Å². The molecule has 0 spiro atoms. The van der Waals surface area contributed by atoms with Gasteiger partial charge in [0, 0.05) is 12.0 Å². The molecule has 1 aliphatic rings. The maximum absolute atomic E-state index is 13.2. The third-order valence-corrected chi connectivity index (χ3v) is 2.52. The Bertz CT molecular complexity index is 392. The van der Waals surface area contributed by atoms with Crippen LogP contribution in [0.3, 0.4) is 0 Å². The first kappa shape index (κ1) is 9.12. The zero-order chi connectivity index (χ0) is 10.3. The van der Waals surface area contributed by atoms with Crippen LogP contribution in [-0.2, 0) is 4.79 Å². The number of carbonyl (C=O) groups is 1. The molecular weight excluding hydrogens is 188 g/mol. The van der Waals surface area contributed by atoms with Crippen LogP contribution in [0.15, 0.2) is 18.2 Å². The number of nitrogens with two attached hydrogens (primary N) is 1. The fourth-order valence-corrected chi connectivity index (χ4v) is 1.66. The predicted molar refractivity (Wildman–Crippen MR) is 46.4 cm³/mol. The van der Waals surface area contributed by atoms with Crippen LogP contribution in [-0.4, -0.2) is 5.91 Å². The van der Waals surface area contributed by atoms with Gasteiger partial charge in [-0.25, -0.2) is 8.78 Å². The highest BCUT2D eigenvalue weighted by Gasteiger charge is 2.43. The molecule has 2 rings (SSSR count). The number of carbonyl (C=O) groups excluding carboxylic acids is 1. The summed E-state index contributed by atoms with van der Waals surface area (Å²) in [7, 11) is 0. The third-order valence-electron chi connectivity index (χ3n) is 2.52. The first-order valence-electron chi connectivity index (χ1n) is 4.34. The van der Waals surface area contributed by atoms with Crippen molar-refractivity contribution in [3.8, 4) is 0 Å². The van der Waals surface area contributed by atoms with Gasteiger partial charge in [0.2, 0.25) is 5.91 Å². The quantitative estimate of drug-likeness (QED) is 0.768. The minimum absolute atomic E-state index is 0.159. The van der Waals surface area contributed by atoms with Gasteiger partial charge in [0.15, 0.2) is 0 Å². The Morgan fingerprint density at radius 1 is 1.43 bits per heavy atom. The molecule has 4 heteroatoms. The number of amides is 1. The van der Waals surface area contributed by atoms with E-state index in [0.29, 0.717) is 12.0 Å². The minimum Gasteiger partial charge on any atom is -0.369 e. The summed E-state index contributed by atoms with van der Waals surface area (Å²) < 4.78 is 25.7. The average molecular weight is 197 g/mol. The number of hydrogen-bond acceptors (Lipinski definition) is 1. The Labute approximate surface area is 79.7 Å². The molecule has 0 aliphatic heterocycles. The zero-order valence-electron chi connectivity index (χ0n) is 7.34. The summed E-state index contributed by atoms with van der Waals surface area (Å²) in [6, 6.07) is 3.39. The maximum atomic E-state index is 13.2. The summed E-state index contributed by atoms with van der Waals surface area (Å²) in [5, 5.41) is 0. The smallest absolute Gasteiger partial charge is 0.221 e. The van der Waals surface area contributed by atoms with Gasteiger partial charge < -0.3 is 5.73 Å². The van der Waals surface area contributed by atoms with E-state index in [1.807, 2.05) is 0 Å². The molecular formula is C10H9F2NO. The van der Waals surface area contributed by atoms with Crippen molar-refractivity contribution in [1.29, 1.82) is 0 Å². The fourth-order valence-electron chi connectivity index (χ4n) is 1.66. The normalized spacial score (nSPS) is 24.7. The van der Waals surface area contributed by atoms with Crippen LogP contribution in [0.4, 0.5) is 8.78 Å². The zero-order valence-corrected chi connectivity index (χ0v) is 7.34. The molecule has 0 aromatic heterocycles. The molecule has 0 saturated heterocycles. The molecule has 1 fully saturated rings. The van der Waals surface area contributed by atoms with Crippen molar-refractivity contribution in [2.75, 3.05) is 0 Å². The van der Waals surface area contributed by atoms with Crippen LogP contribution in [0.25, 0.3) is 0 Å². The number of benzene rings is 1. The second-order valence-electron chi connectivity index (χ2n) is 3.52. The molecule has 1 saturated carbocycles. The van der Waals surface area contributed by atoms with E-state index in [2.05, 4.69) is 0 Å². The summed E-state index contributed by atoms with van der Waals surface area (Å²) in [5.41, 5.74) is 5.45. The van der Waals surface area contributed by atoms with Crippen molar-refractivity contribution >= 4 is 5.91 Å². The van der Waals surface area contributed by atoms with Crippen LogP contribution in [0.1, 0.15) is 17.9 Å². The summed E-state index contributed by atoms with van der Waals surface area (Å²) >= 11 is 0. The summed E-state index contributed by atoms with van der Waals surface area (Å²) in [6.07, 6.45) is 0.567. The molecule has 0 unspecified atom stereocenters. The van der Waals surface area contributed by atoms with Crippen molar-refractivity contribution in [3.63, 3.8) is 0 Å². The number of hydrogen-bond donors (Lipinski definition) is 1. The van der Waals surface area contributed by atoms with Crippen molar-refractivity contribution in [2.24, 2.45) is 11.7 Å². The molecule has 14 heavy (non-hydrogen) atoms. The number of halogens is 2. The third kappa shape index (κ3) is 1.47. The van der Waals surface area contributed by atoms with Gasteiger partial charge in [0.1, 0.15) is 11.6 Å². The van der Waals surface area contributed by atoms with Crippen molar-refractivity contribution in [1.82, 2.24) is 0 Å². The SMILES string of the molecule is NC(=O)[C@@H]1C[C@H]1c1ccc(F)cc1F. The molecule has 0 radical (unpaired) electrons. The van der Waals surface area contributed by atoms with E-state index >= 15 is 0 Å². The summed E-state index contributed by atoms with van der Waals surface area (Å²) in [4.78, 5) is 10.7. The lowest BCUT2D eigenvalue weighted by Gasteiger charge is -2.00. The average Bonchev–Trinajstić information content (AvgIpc) is 2.83. The Balaban J connectivity index is 2.23. The van der Waals surface area contributed by atoms with Gasteiger partial charge in [-0.3, -0.25) is 4.79 Å².